The summed E-state index contributed by atoms with van der Waals surface area (Å²) in [5, 5.41) is 22.2. The molecule has 0 aliphatic carbocycles. The lowest BCUT2D eigenvalue weighted by molar-refractivity contribution is -0.151. The smallest absolute Gasteiger partial charge is 0.442 e. The minimum absolute atomic E-state index is 0.0791. The van der Waals surface area contributed by atoms with Crippen molar-refractivity contribution in [3.05, 3.63) is 33.1 Å². The molecule has 20 nitrogen and oxygen atoms in total. The van der Waals surface area contributed by atoms with Crippen molar-refractivity contribution in [2.24, 2.45) is 11.7 Å². The normalized spacial score (nSPS) is 23.3. The van der Waals surface area contributed by atoms with Crippen molar-refractivity contribution < 1.29 is 75.5 Å². The molecule has 1 aliphatic rings. The Kier molecular flexibility index (Phi) is 14.5. The highest BCUT2D eigenvalue weighted by atomic mass is 31.2. The third kappa shape index (κ3) is 10.0. The zero-order chi connectivity index (χ0) is 35.6. The number of carbonyl (C=O) groups is 3. The van der Waals surface area contributed by atoms with Crippen LogP contribution in [0.1, 0.15) is 40.8 Å². The lowest BCUT2D eigenvalue weighted by Gasteiger charge is -2.31. The summed E-state index contributed by atoms with van der Waals surface area (Å²) in [5.41, 5.74) is -1.50. The van der Waals surface area contributed by atoms with E-state index in [0.717, 1.165) is 19.2 Å². The van der Waals surface area contributed by atoms with E-state index in [1.807, 2.05) is 0 Å². The number of phosphoric acid groups is 1. The van der Waals surface area contributed by atoms with Gasteiger partial charge in [0.25, 0.3) is 5.56 Å². The molecule has 0 spiro atoms. The Morgan fingerprint density at radius 3 is 2.09 bits per heavy atom. The number of ether oxygens (including phenoxy) is 6. The van der Waals surface area contributed by atoms with Crippen molar-refractivity contribution in [1.29, 1.82) is 0 Å². The van der Waals surface area contributed by atoms with Crippen molar-refractivity contribution >= 4 is 26.1 Å². The van der Waals surface area contributed by atoms with Crippen LogP contribution in [0.5, 0.6) is 0 Å². The molecule has 2 rings (SSSR count). The van der Waals surface area contributed by atoms with E-state index in [2.05, 4.69) is 18.9 Å². The average Bonchev–Trinajstić information content (AvgIpc) is 3.20. The van der Waals surface area contributed by atoms with E-state index in [-0.39, 0.29) is 19.1 Å². The molecule has 22 heteroatoms. The third-order valence-electron chi connectivity index (χ3n) is 6.57. The zero-order valence-electron chi connectivity index (χ0n) is 26.2. The molecule has 0 bridgehead atoms. The largest absolute Gasteiger partial charge is 0.510 e. The van der Waals surface area contributed by atoms with Gasteiger partial charge in [-0.2, -0.15) is 0 Å². The summed E-state index contributed by atoms with van der Waals surface area (Å²) in [6, 6.07) is -0.216. The second kappa shape index (κ2) is 17.1. The van der Waals surface area contributed by atoms with Crippen LogP contribution < -0.4 is 17.0 Å². The highest BCUT2D eigenvalue weighted by Crippen LogP contribution is 2.52. The molecule has 0 amide bonds. The maximum absolute atomic E-state index is 14.7. The van der Waals surface area contributed by atoms with Gasteiger partial charge in [-0.3, -0.25) is 18.7 Å². The highest BCUT2D eigenvalue weighted by Gasteiger charge is 2.63. The van der Waals surface area contributed by atoms with Crippen LogP contribution in [0.2, 0.25) is 0 Å². The number of aromatic nitrogens is 2. The summed E-state index contributed by atoms with van der Waals surface area (Å²) in [6.45, 7) is 1.09. The number of hydrogen-bond acceptors (Lipinski definition) is 18. The summed E-state index contributed by atoms with van der Waals surface area (Å²) < 4.78 is 72.6. The first kappa shape index (κ1) is 39.7. The molecular weight excluding hydrogens is 664 g/mol. The number of alkyl halides is 1. The fraction of sp³-hybridized carbons (Fsp3) is 0.720. The number of rotatable bonds is 17. The number of esters is 1. The molecule has 4 N–H and O–H groups in total. The number of hydrogen-bond donors (Lipinski definition) is 3. The zero-order valence-corrected chi connectivity index (χ0v) is 27.1. The Morgan fingerprint density at radius 1 is 1.04 bits per heavy atom. The van der Waals surface area contributed by atoms with E-state index < -0.39 is 101 Å². The summed E-state index contributed by atoms with van der Waals surface area (Å²) in [4.78, 5) is 60.8. The Labute approximate surface area is 266 Å². The van der Waals surface area contributed by atoms with E-state index in [0.29, 0.717) is 9.13 Å². The second-order valence-electron chi connectivity index (χ2n) is 10.3. The fourth-order valence-electron chi connectivity index (χ4n) is 3.89. The van der Waals surface area contributed by atoms with Crippen LogP contribution >= 0.6 is 7.82 Å². The number of aliphatic hydroxyl groups excluding tert-OH is 1. The Balaban J connectivity index is 2.33. The van der Waals surface area contributed by atoms with Crippen molar-refractivity contribution in [3.63, 3.8) is 0 Å². The van der Waals surface area contributed by atoms with Gasteiger partial charge in [0.05, 0.1) is 19.8 Å². The van der Waals surface area contributed by atoms with E-state index in [1.165, 1.54) is 13.8 Å². The number of nitrogens with zero attached hydrogens (tertiary/aromatic N) is 2. The first-order valence-electron chi connectivity index (χ1n) is 14.0. The summed E-state index contributed by atoms with van der Waals surface area (Å²) in [7, 11) is -4.97. The van der Waals surface area contributed by atoms with Crippen LogP contribution in [-0.2, 0) is 58.1 Å². The lowest BCUT2D eigenvalue weighted by Crippen LogP contribution is -2.53. The number of aliphatic hydroxyl groups is 2. The van der Waals surface area contributed by atoms with Crippen LogP contribution in [0, 0.1) is 5.92 Å². The van der Waals surface area contributed by atoms with Crippen LogP contribution in [0.3, 0.4) is 0 Å². The Morgan fingerprint density at radius 2 is 1.60 bits per heavy atom. The molecule has 0 radical (unpaired) electrons. The molecule has 1 saturated heterocycles. The maximum Gasteiger partial charge on any atom is 0.510 e. The molecule has 0 saturated carbocycles. The maximum atomic E-state index is 14.7. The van der Waals surface area contributed by atoms with Crippen LogP contribution in [-0.4, -0.2) is 101 Å². The predicted molar refractivity (Wildman–Crippen MR) is 151 cm³/mol. The van der Waals surface area contributed by atoms with Crippen molar-refractivity contribution in [1.82, 2.24) is 9.13 Å². The first-order chi connectivity index (χ1) is 22.0. The number of nitrogens with two attached hydrogens (primary N) is 1. The molecule has 1 fully saturated rings. The van der Waals surface area contributed by atoms with Gasteiger partial charge in [-0.25, -0.2) is 37.0 Å². The van der Waals surface area contributed by atoms with Gasteiger partial charge in [0.1, 0.15) is 24.4 Å². The SMILES string of the molecule is CCOC(=O)OCOP(=O)(OCOC(=O)OCC)OCC1(CF)OC(n2ccc(=O)n(COC(=O)C(N)C(C)C)c2=O)C(C)(O)C1O. The minimum atomic E-state index is -4.97. The molecule has 47 heavy (non-hydrogen) atoms. The predicted octanol–water partition coefficient (Wildman–Crippen LogP) is 0.262. The molecule has 268 valence electrons. The molecule has 1 aliphatic heterocycles. The molecule has 5 atom stereocenters. The molecule has 5 unspecified atom stereocenters. The van der Waals surface area contributed by atoms with E-state index in [4.69, 9.17) is 28.8 Å². The minimum Gasteiger partial charge on any atom is -0.442 e. The van der Waals surface area contributed by atoms with Gasteiger partial charge < -0.3 is 44.4 Å². The van der Waals surface area contributed by atoms with Crippen LogP contribution in [0.25, 0.3) is 0 Å². The second-order valence-corrected chi connectivity index (χ2v) is 12.0. The quantitative estimate of drug-likeness (QED) is 0.0850. The number of halogens is 1. The van der Waals surface area contributed by atoms with Gasteiger partial charge in [0.15, 0.2) is 18.6 Å². The summed E-state index contributed by atoms with van der Waals surface area (Å²) >= 11 is 0. The molecule has 0 aromatic carbocycles. The topological polar surface area (TPSA) is 262 Å². The van der Waals surface area contributed by atoms with Crippen LogP contribution in [0.15, 0.2) is 21.9 Å². The van der Waals surface area contributed by atoms with Gasteiger partial charge in [0.2, 0.25) is 13.6 Å². The third-order valence-corrected chi connectivity index (χ3v) is 7.85. The summed E-state index contributed by atoms with van der Waals surface area (Å²) in [6.07, 6.45) is -5.75. The molecule has 1 aromatic heterocycles. The Bertz CT molecular complexity index is 1370. The van der Waals surface area contributed by atoms with Crippen molar-refractivity contribution in [3.8, 4) is 0 Å². The summed E-state index contributed by atoms with van der Waals surface area (Å²) in [5.74, 6) is -1.24. The van der Waals surface area contributed by atoms with Gasteiger partial charge in [0, 0.05) is 12.3 Å². The molecule has 1 aromatic rings. The Hall–Kier alpha value is -3.43. The highest BCUT2D eigenvalue weighted by molar-refractivity contribution is 7.48. The van der Waals surface area contributed by atoms with E-state index >= 15 is 0 Å². The molecule has 2 heterocycles. The lowest BCUT2D eigenvalue weighted by atomic mass is 9.88. The molecular formula is C25H39FN3O17P. The van der Waals surface area contributed by atoms with Crippen molar-refractivity contribution in [2.45, 2.75) is 70.9 Å². The standard InChI is InChI=1S/C25H39FN3O17P/c1-6-38-22(34)41-13-44-47(37,45-14-42-23(35)39-7-2)43-11-25(10-26)19(32)24(5,36)20(46-25)28-9-8-16(30)29(21(28)33)12-40-18(31)17(27)15(3)4/h8-9,15,17,19-20,32,36H,6-7,10-14,27H2,1-5H3. The van der Waals surface area contributed by atoms with Gasteiger partial charge in [-0.05, 0) is 26.7 Å². The number of carbonyl (C=O) groups excluding carboxylic acids is 3. The monoisotopic (exact) mass is 703 g/mol. The van der Waals surface area contributed by atoms with E-state index in [9.17, 15) is 43.1 Å². The fourth-order valence-corrected chi connectivity index (χ4v) is 4.85. The number of phosphoric ester groups is 1. The van der Waals surface area contributed by atoms with E-state index in [1.54, 1.807) is 13.8 Å². The first-order valence-corrected chi connectivity index (χ1v) is 15.5. The van der Waals surface area contributed by atoms with Gasteiger partial charge in [-0.1, -0.05) is 13.8 Å². The van der Waals surface area contributed by atoms with Gasteiger partial charge >= 0.3 is 31.8 Å². The van der Waals surface area contributed by atoms with Crippen molar-refractivity contribution in [2.75, 3.05) is 40.1 Å². The average molecular weight is 704 g/mol. The van der Waals surface area contributed by atoms with Crippen LogP contribution in [0.4, 0.5) is 14.0 Å². The van der Waals surface area contributed by atoms with Gasteiger partial charge in [-0.15, -0.1) is 0 Å².